The number of hydrogen-bond donors (Lipinski definition) is 0. The molecule has 0 spiro atoms. The summed E-state index contributed by atoms with van der Waals surface area (Å²) >= 11 is 7.45. The number of rotatable bonds is 0. The van der Waals surface area contributed by atoms with Crippen molar-refractivity contribution in [2.24, 2.45) is 0 Å². The molecule has 0 aromatic heterocycles. The van der Waals surface area contributed by atoms with Crippen LogP contribution in [-0.2, 0) is 11.4 Å². The van der Waals surface area contributed by atoms with Crippen molar-refractivity contribution in [1.82, 2.24) is 0 Å². The van der Waals surface area contributed by atoms with Crippen LogP contribution in [0.1, 0.15) is 6.92 Å². The molecule has 43 valence electrons. The van der Waals surface area contributed by atoms with Gasteiger partial charge in [-0.2, -0.15) is 0 Å². The average molecular weight is 473 g/mol. The molecule has 0 amide bonds. The first-order valence-corrected chi connectivity index (χ1v) is 16.5. The predicted octanol–water partition coefficient (Wildman–Crippen LogP) is 2.86. The monoisotopic (exact) mass is 473 g/mol. The Balaban J connectivity index is 0. The van der Waals surface area contributed by atoms with E-state index in [-0.39, 0.29) is 0 Å². The van der Waals surface area contributed by atoms with E-state index in [9.17, 15) is 0 Å². The zero-order valence-corrected chi connectivity index (χ0v) is 11.7. The van der Waals surface area contributed by atoms with Gasteiger partial charge in [-0.3, -0.25) is 0 Å². The first-order valence-electron chi connectivity index (χ1n) is 1.38. The molecular formula is C2H4I3OTi. The first-order chi connectivity index (χ1) is 3.15. The van der Waals surface area contributed by atoms with Crippen molar-refractivity contribution in [3.63, 3.8) is 0 Å². The molecule has 0 saturated carbocycles. The van der Waals surface area contributed by atoms with Crippen LogP contribution in [0.15, 0.2) is 0 Å². The van der Waals surface area contributed by atoms with Crippen molar-refractivity contribution < 1.29 is 11.4 Å². The number of hydrogen-bond acceptors (Lipinski definition) is 1. The average Bonchev–Trinajstić information content (AvgIpc) is 1.33. The van der Waals surface area contributed by atoms with E-state index in [4.69, 9.17) is 4.79 Å². The summed E-state index contributed by atoms with van der Waals surface area (Å²) in [7, 11) is 0. The molecule has 0 unspecified atom stereocenters. The Bertz CT molecular complexity index is 37.2. The van der Waals surface area contributed by atoms with Crippen LogP contribution >= 0.6 is 57.6 Å². The van der Waals surface area contributed by atoms with Crippen LogP contribution in [0, 0.1) is 0 Å². The SMILES string of the molecule is CC=O.[I][Ti]([I])[I]. The zero-order chi connectivity index (χ0) is 6.28. The molecule has 0 fully saturated rings. The van der Waals surface area contributed by atoms with Crippen LogP contribution in [0.25, 0.3) is 0 Å². The van der Waals surface area contributed by atoms with Gasteiger partial charge < -0.3 is 4.79 Å². The van der Waals surface area contributed by atoms with Crippen LogP contribution in [0.3, 0.4) is 0 Å². The fourth-order valence-electron chi connectivity index (χ4n) is 0. The number of aldehydes is 1. The van der Waals surface area contributed by atoms with Gasteiger partial charge in [0.25, 0.3) is 0 Å². The first kappa shape index (κ1) is 12.3. The Labute approximate surface area is 80.2 Å². The Morgan fingerprint density at radius 3 is 1.43 bits per heavy atom. The molecule has 0 aromatic rings. The summed E-state index contributed by atoms with van der Waals surface area (Å²) in [5.41, 5.74) is 0. The summed E-state index contributed by atoms with van der Waals surface area (Å²) in [5, 5.41) is 0. The van der Waals surface area contributed by atoms with Gasteiger partial charge in [-0.15, -0.1) is 0 Å². The van der Waals surface area contributed by atoms with E-state index in [1.165, 1.54) is 6.92 Å². The Morgan fingerprint density at radius 1 is 1.43 bits per heavy atom. The van der Waals surface area contributed by atoms with Crippen molar-refractivity contribution in [1.29, 1.82) is 0 Å². The van der Waals surface area contributed by atoms with Gasteiger partial charge in [0.1, 0.15) is 6.29 Å². The molecule has 0 aromatic carbocycles. The molecule has 0 aliphatic carbocycles. The van der Waals surface area contributed by atoms with E-state index >= 15 is 0 Å². The molecule has 0 bridgehead atoms. The fraction of sp³-hybridized carbons (Fsp3) is 0.500. The maximum atomic E-state index is 8.81. The minimum absolute atomic E-state index is 0.423. The maximum absolute atomic E-state index is 8.81. The Hall–Kier alpha value is 2.57. The second-order valence-corrected chi connectivity index (χ2v) is 40.0. The third kappa shape index (κ3) is 55.9. The van der Waals surface area contributed by atoms with Gasteiger partial charge in [-0.05, 0) is 6.92 Å². The van der Waals surface area contributed by atoms with Crippen molar-refractivity contribution in [2.45, 2.75) is 6.92 Å². The molecule has 0 aliphatic rings. The summed E-state index contributed by atoms with van der Waals surface area (Å²) in [5.74, 6) is 0. The van der Waals surface area contributed by atoms with Crippen molar-refractivity contribution >= 4 is 63.9 Å². The summed E-state index contributed by atoms with van der Waals surface area (Å²) in [4.78, 5) is 8.81. The van der Waals surface area contributed by atoms with Crippen LogP contribution in [0.2, 0.25) is 0 Å². The van der Waals surface area contributed by atoms with Crippen LogP contribution in [0.4, 0.5) is 0 Å². The number of halogens is 3. The molecule has 0 rings (SSSR count). The molecule has 7 heavy (non-hydrogen) atoms. The number of carbonyl (C=O) groups is 1. The van der Waals surface area contributed by atoms with Gasteiger partial charge in [0, 0.05) is 0 Å². The molecule has 0 radical (unpaired) electrons. The molecule has 0 saturated heterocycles. The van der Waals surface area contributed by atoms with Crippen molar-refractivity contribution in [3.8, 4) is 0 Å². The molecule has 0 atom stereocenters. The molecule has 0 heterocycles. The van der Waals surface area contributed by atoms with Crippen molar-refractivity contribution in [3.05, 3.63) is 0 Å². The van der Waals surface area contributed by atoms with E-state index in [0.29, 0.717) is 0 Å². The van der Waals surface area contributed by atoms with Crippen LogP contribution < -0.4 is 0 Å². The van der Waals surface area contributed by atoms with E-state index in [0.717, 1.165) is 6.29 Å². The second kappa shape index (κ2) is 11.4. The van der Waals surface area contributed by atoms with E-state index in [1.54, 1.807) is 0 Å². The van der Waals surface area contributed by atoms with Gasteiger partial charge in [-0.25, -0.2) is 0 Å². The van der Waals surface area contributed by atoms with Gasteiger partial charge in [0.05, 0.1) is 0 Å². The topological polar surface area (TPSA) is 17.1 Å². The zero-order valence-electron chi connectivity index (χ0n) is 3.62. The summed E-state index contributed by atoms with van der Waals surface area (Å²) in [6, 6.07) is 0. The number of carbonyl (C=O) groups excluding carboxylic acids is 1. The van der Waals surface area contributed by atoms with Gasteiger partial charge >= 0.3 is 64.2 Å². The van der Waals surface area contributed by atoms with Crippen LogP contribution in [0.5, 0.6) is 0 Å². The Kier molecular flexibility index (Phi) is 19.9. The van der Waals surface area contributed by atoms with Crippen molar-refractivity contribution in [2.75, 3.05) is 0 Å². The van der Waals surface area contributed by atoms with E-state index in [1.807, 2.05) is 0 Å². The standard InChI is InChI=1S/C2H4O.3HI.Ti/c1-2-3;;;;/h2H,1H3;3*1H;/q;;;;+3/p-3. The molecule has 0 aliphatic heterocycles. The third-order valence-electron chi connectivity index (χ3n) is 0. The molecule has 5 heteroatoms. The second-order valence-electron chi connectivity index (χ2n) is 0.450. The van der Waals surface area contributed by atoms with Gasteiger partial charge in [0.2, 0.25) is 0 Å². The van der Waals surface area contributed by atoms with E-state index in [2.05, 4.69) is 57.6 Å². The van der Waals surface area contributed by atoms with E-state index < -0.39 is 6.63 Å². The summed E-state index contributed by atoms with van der Waals surface area (Å²) in [6.07, 6.45) is 0.750. The summed E-state index contributed by atoms with van der Waals surface area (Å²) < 4.78 is 0. The summed E-state index contributed by atoms with van der Waals surface area (Å²) in [6.45, 7) is 1.02. The van der Waals surface area contributed by atoms with Gasteiger partial charge in [0.15, 0.2) is 0 Å². The normalized spacial score (nSPS) is 5.71. The molecule has 0 N–H and O–H groups in total. The molecule has 1 nitrogen and oxygen atoms in total. The van der Waals surface area contributed by atoms with Gasteiger partial charge in [-0.1, -0.05) is 0 Å². The quantitative estimate of drug-likeness (QED) is 0.301. The molecular weight excluding hydrogens is 469 g/mol. The fourth-order valence-corrected chi connectivity index (χ4v) is 0. The Morgan fingerprint density at radius 2 is 1.43 bits per heavy atom. The van der Waals surface area contributed by atoms with Crippen LogP contribution in [-0.4, -0.2) is 6.29 Å². The minimum atomic E-state index is -0.423. The third-order valence-corrected chi connectivity index (χ3v) is 0. The predicted molar refractivity (Wildman–Crippen MR) is 53.8 cm³/mol.